The van der Waals surface area contributed by atoms with E-state index in [1.54, 1.807) is 12.1 Å². The van der Waals surface area contributed by atoms with Crippen molar-refractivity contribution in [2.24, 2.45) is 0 Å². The summed E-state index contributed by atoms with van der Waals surface area (Å²) < 4.78 is 11.7. The number of hydrogen-bond acceptors (Lipinski definition) is 7. The number of halogens is 5. The van der Waals surface area contributed by atoms with Crippen LogP contribution in [0.4, 0.5) is 0 Å². The van der Waals surface area contributed by atoms with Crippen LogP contribution in [0.2, 0.25) is 5.02 Å². The molecule has 1 aliphatic heterocycles. The predicted molar refractivity (Wildman–Crippen MR) is 165 cm³/mol. The first-order chi connectivity index (χ1) is 20.0. The number of amides is 3. The molecule has 212 valence electrons. The lowest BCUT2D eigenvalue weighted by molar-refractivity contribution is 0.00527. The molecule has 42 heavy (non-hydrogen) atoms. The van der Waals surface area contributed by atoms with Crippen molar-refractivity contribution in [2.75, 3.05) is 6.54 Å². The summed E-state index contributed by atoms with van der Waals surface area (Å²) >= 11 is 19.7. The van der Waals surface area contributed by atoms with Crippen molar-refractivity contribution >= 4 is 105 Å². The molecule has 14 heteroatoms. The van der Waals surface area contributed by atoms with Gasteiger partial charge >= 0.3 is 5.97 Å². The minimum atomic E-state index is -0.849. The van der Waals surface area contributed by atoms with Crippen LogP contribution in [0, 0.1) is 0 Å². The number of rotatable bonds is 7. The summed E-state index contributed by atoms with van der Waals surface area (Å²) in [6, 6.07) is 14.6. The predicted octanol–water partition coefficient (Wildman–Crippen LogP) is 7.74. The van der Waals surface area contributed by atoms with Gasteiger partial charge in [0, 0.05) is 23.5 Å². The number of benzene rings is 3. The van der Waals surface area contributed by atoms with Crippen LogP contribution in [0.15, 0.2) is 89.2 Å². The van der Waals surface area contributed by atoms with E-state index in [-0.39, 0.29) is 47.7 Å². The number of hydrazine groups is 1. The van der Waals surface area contributed by atoms with Crippen molar-refractivity contribution in [3.8, 4) is 5.75 Å². The first-order valence-electron chi connectivity index (χ1n) is 11.7. The molecule has 0 atom stereocenters. The molecular formula is C28H13Br4ClN2O7. The van der Waals surface area contributed by atoms with Crippen molar-refractivity contribution in [3.05, 3.63) is 118 Å². The summed E-state index contributed by atoms with van der Waals surface area (Å²) in [5, 5.41) is 1.45. The Labute approximate surface area is 276 Å². The third-order valence-electron chi connectivity index (χ3n) is 6.06. The first kappa shape index (κ1) is 30.4. The van der Waals surface area contributed by atoms with Gasteiger partial charge in [0.25, 0.3) is 17.7 Å². The molecular weight excluding hydrogens is 831 g/mol. The highest BCUT2D eigenvalue weighted by Crippen LogP contribution is 2.45. The zero-order chi connectivity index (χ0) is 30.3. The van der Waals surface area contributed by atoms with Gasteiger partial charge in [-0.25, -0.2) is 9.80 Å². The van der Waals surface area contributed by atoms with Crippen LogP contribution in [-0.4, -0.2) is 46.0 Å². The number of nitrogens with zero attached hydrogens (tertiary/aromatic N) is 2. The minimum Gasteiger partial charge on any atom is -0.457 e. The fraction of sp³-hybridized carbons (Fsp3) is 0.0357. The molecule has 5 rings (SSSR count). The van der Waals surface area contributed by atoms with Crippen molar-refractivity contribution in [2.45, 2.75) is 0 Å². The molecule has 0 fully saturated rings. The summed E-state index contributed by atoms with van der Waals surface area (Å²) in [5.74, 6) is -3.70. The standard InChI is InChI=1S/C28H13Br4ClN2O7/c29-21-19-20(22(30)24(32)23(21)31)27(39)35(26(19)38)34(25(37)15-4-1-2-5-16(15)33)12-17(36)13-7-9-14(10-8-13)42-28(40)18-6-3-11-41-18/h1-11H,12H2. The van der Waals surface area contributed by atoms with E-state index >= 15 is 0 Å². The molecule has 0 saturated carbocycles. The van der Waals surface area contributed by atoms with E-state index in [0.717, 1.165) is 5.01 Å². The number of imide groups is 1. The zero-order valence-electron chi connectivity index (χ0n) is 20.7. The monoisotopic (exact) mass is 840 g/mol. The highest BCUT2D eigenvalue weighted by atomic mass is 79.9. The Kier molecular flexibility index (Phi) is 8.86. The van der Waals surface area contributed by atoms with Crippen LogP contribution in [-0.2, 0) is 0 Å². The molecule has 0 N–H and O–H groups in total. The van der Waals surface area contributed by atoms with Gasteiger partial charge in [-0.1, -0.05) is 23.7 Å². The summed E-state index contributed by atoms with van der Waals surface area (Å²) in [5.41, 5.74) is 0.0848. The number of carbonyl (C=O) groups excluding carboxylic acids is 5. The van der Waals surface area contributed by atoms with Gasteiger partial charge in [0.1, 0.15) is 12.3 Å². The maximum Gasteiger partial charge on any atom is 0.379 e. The number of hydrogen-bond donors (Lipinski definition) is 0. The van der Waals surface area contributed by atoms with E-state index in [2.05, 4.69) is 63.7 Å². The van der Waals surface area contributed by atoms with E-state index in [0.29, 0.717) is 14.0 Å². The lowest BCUT2D eigenvalue weighted by Crippen LogP contribution is -2.51. The van der Waals surface area contributed by atoms with E-state index in [1.165, 1.54) is 54.8 Å². The molecule has 0 unspecified atom stereocenters. The number of carbonyl (C=O) groups is 5. The summed E-state index contributed by atoms with van der Waals surface area (Å²) in [7, 11) is 0. The fourth-order valence-corrected chi connectivity index (χ4v) is 6.73. The number of Topliss-reactive ketones (excluding diaryl/α,β-unsaturated/α-hetero) is 1. The van der Waals surface area contributed by atoms with Crippen molar-refractivity contribution < 1.29 is 33.1 Å². The number of ether oxygens (including phenoxy) is 1. The maximum absolute atomic E-state index is 13.8. The Hall–Kier alpha value is -3.10. The number of fused-ring (bicyclic) bond motifs is 1. The van der Waals surface area contributed by atoms with Gasteiger partial charge in [0.05, 0.1) is 28.0 Å². The number of ketones is 1. The van der Waals surface area contributed by atoms with Crippen molar-refractivity contribution in [3.63, 3.8) is 0 Å². The molecule has 1 aromatic heterocycles. The average Bonchev–Trinajstić information content (AvgIpc) is 3.61. The average molecular weight is 844 g/mol. The molecule has 3 amide bonds. The maximum atomic E-state index is 13.8. The lowest BCUT2D eigenvalue weighted by atomic mass is 10.1. The molecule has 3 aromatic carbocycles. The molecule has 0 aliphatic carbocycles. The molecule has 0 bridgehead atoms. The summed E-state index contributed by atoms with van der Waals surface area (Å²) in [4.78, 5) is 66.8. The van der Waals surface area contributed by atoms with Gasteiger partial charge in [-0.3, -0.25) is 19.2 Å². The summed E-state index contributed by atoms with van der Waals surface area (Å²) in [6.07, 6.45) is 1.33. The van der Waals surface area contributed by atoms with Gasteiger partial charge in [0.2, 0.25) is 5.76 Å². The van der Waals surface area contributed by atoms with Crippen LogP contribution >= 0.6 is 75.3 Å². The number of furan rings is 1. The third kappa shape index (κ3) is 5.51. The topological polar surface area (TPSA) is 114 Å². The van der Waals surface area contributed by atoms with Crippen LogP contribution in [0.5, 0.6) is 5.75 Å². The second kappa shape index (κ2) is 12.3. The first-order valence-corrected chi connectivity index (χ1v) is 15.3. The van der Waals surface area contributed by atoms with Crippen LogP contribution in [0.25, 0.3) is 0 Å². The second-order valence-electron chi connectivity index (χ2n) is 8.59. The fourth-order valence-electron chi connectivity index (χ4n) is 4.05. The molecule has 0 spiro atoms. The van der Waals surface area contributed by atoms with Gasteiger partial charge in [-0.15, -0.1) is 0 Å². The van der Waals surface area contributed by atoms with E-state index < -0.39 is 36.0 Å². The highest BCUT2D eigenvalue weighted by Gasteiger charge is 2.46. The van der Waals surface area contributed by atoms with Gasteiger partial charge in [0.15, 0.2) is 5.78 Å². The second-order valence-corrected chi connectivity index (χ2v) is 12.2. The lowest BCUT2D eigenvalue weighted by Gasteiger charge is -2.29. The van der Waals surface area contributed by atoms with Crippen LogP contribution < -0.4 is 4.74 Å². The number of esters is 1. The normalized spacial score (nSPS) is 12.4. The van der Waals surface area contributed by atoms with Crippen LogP contribution in [0.1, 0.15) is 52.0 Å². The minimum absolute atomic E-state index is 0.00200. The van der Waals surface area contributed by atoms with Gasteiger partial charge in [-0.2, -0.15) is 5.01 Å². The Morgan fingerprint density at radius 3 is 1.95 bits per heavy atom. The van der Waals surface area contributed by atoms with Crippen LogP contribution in [0.3, 0.4) is 0 Å². The Morgan fingerprint density at radius 2 is 1.40 bits per heavy atom. The molecule has 2 heterocycles. The van der Waals surface area contributed by atoms with E-state index in [9.17, 15) is 24.0 Å². The van der Waals surface area contributed by atoms with Gasteiger partial charge in [-0.05, 0) is 112 Å². The van der Waals surface area contributed by atoms with Crippen molar-refractivity contribution in [1.29, 1.82) is 0 Å². The quantitative estimate of drug-likeness (QED) is 0.0467. The van der Waals surface area contributed by atoms with E-state index in [4.69, 9.17) is 20.8 Å². The molecule has 0 radical (unpaired) electrons. The van der Waals surface area contributed by atoms with E-state index in [1.807, 2.05) is 0 Å². The molecule has 4 aromatic rings. The largest absolute Gasteiger partial charge is 0.457 e. The SMILES string of the molecule is O=C(CN(C(=O)c1ccccc1Cl)N1C(=O)c2c(Br)c(Br)c(Br)c(Br)c2C1=O)c1ccc(OC(=O)c2ccco2)cc1. The molecule has 1 aliphatic rings. The molecule has 9 nitrogen and oxygen atoms in total. The Balaban J connectivity index is 1.48. The Bertz CT molecular complexity index is 1750. The highest BCUT2D eigenvalue weighted by molar-refractivity contribution is 9.15. The molecule has 0 saturated heterocycles. The van der Waals surface area contributed by atoms with Gasteiger partial charge < -0.3 is 9.15 Å². The zero-order valence-corrected chi connectivity index (χ0v) is 27.8. The smallest absolute Gasteiger partial charge is 0.379 e. The third-order valence-corrected chi connectivity index (χ3v) is 11.2. The summed E-state index contributed by atoms with van der Waals surface area (Å²) in [6.45, 7) is -0.696. The van der Waals surface area contributed by atoms with Crippen molar-refractivity contribution in [1.82, 2.24) is 10.0 Å². The Morgan fingerprint density at radius 1 is 0.810 bits per heavy atom.